The van der Waals surface area contributed by atoms with Gasteiger partial charge in [-0.3, -0.25) is 19.7 Å². The Bertz CT molecular complexity index is 1560. The molecule has 184 valence electrons. The van der Waals surface area contributed by atoms with Crippen LogP contribution < -0.4 is 15.5 Å². The SMILES string of the molecule is Cc1ccc(N2C(=O)C(Cl)=C(Nc3ccc(C(=O)Nc4nc(-c5ccccc5)cs4)cc3)C2=O)c(C)c1. The molecule has 0 atom stereocenters. The number of imide groups is 1. The van der Waals surface area contributed by atoms with E-state index in [0.717, 1.165) is 27.3 Å². The minimum Gasteiger partial charge on any atom is -0.350 e. The van der Waals surface area contributed by atoms with Gasteiger partial charge >= 0.3 is 0 Å². The molecule has 2 N–H and O–H groups in total. The van der Waals surface area contributed by atoms with Gasteiger partial charge in [0.1, 0.15) is 10.7 Å². The Morgan fingerprint density at radius 1 is 0.946 bits per heavy atom. The van der Waals surface area contributed by atoms with E-state index in [0.29, 0.717) is 22.1 Å². The highest BCUT2D eigenvalue weighted by Gasteiger charge is 2.39. The molecular weight excluding hydrogens is 508 g/mol. The summed E-state index contributed by atoms with van der Waals surface area (Å²) >= 11 is 7.60. The lowest BCUT2D eigenvalue weighted by Crippen LogP contribution is -2.32. The van der Waals surface area contributed by atoms with Crippen LogP contribution in [0.15, 0.2) is 88.9 Å². The Morgan fingerprint density at radius 2 is 1.68 bits per heavy atom. The summed E-state index contributed by atoms with van der Waals surface area (Å²) < 4.78 is 0. The largest absolute Gasteiger partial charge is 0.350 e. The summed E-state index contributed by atoms with van der Waals surface area (Å²) in [5.74, 6) is -1.44. The number of nitrogens with one attached hydrogen (secondary N) is 2. The molecule has 3 aromatic carbocycles. The molecule has 1 aliphatic rings. The van der Waals surface area contributed by atoms with E-state index in [2.05, 4.69) is 15.6 Å². The van der Waals surface area contributed by atoms with E-state index in [9.17, 15) is 14.4 Å². The van der Waals surface area contributed by atoms with Crippen LogP contribution in [0.3, 0.4) is 0 Å². The number of carbonyl (C=O) groups excluding carboxylic acids is 3. The third-order valence-electron chi connectivity index (χ3n) is 5.83. The van der Waals surface area contributed by atoms with Crippen LogP contribution in [0.25, 0.3) is 11.3 Å². The first-order valence-electron chi connectivity index (χ1n) is 11.4. The number of thiazole rings is 1. The summed E-state index contributed by atoms with van der Waals surface area (Å²) in [6.07, 6.45) is 0. The minimum absolute atomic E-state index is 0.0138. The fraction of sp³-hybridized carbons (Fsp3) is 0.0714. The molecule has 0 unspecified atom stereocenters. The van der Waals surface area contributed by atoms with Gasteiger partial charge in [-0.2, -0.15) is 0 Å². The zero-order valence-electron chi connectivity index (χ0n) is 19.9. The third-order valence-corrected chi connectivity index (χ3v) is 6.94. The zero-order chi connectivity index (χ0) is 26.1. The van der Waals surface area contributed by atoms with Crippen molar-refractivity contribution in [3.8, 4) is 11.3 Å². The molecule has 0 bridgehead atoms. The van der Waals surface area contributed by atoms with Crippen LogP contribution in [-0.2, 0) is 9.59 Å². The van der Waals surface area contributed by atoms with E-state index in [-0.39, 0.29) is 16.6 Å². The molecule has 2 heterocycles. The Hall–Kier alpha value is -4.27. The second-order valence-electron chi connectivity index (χ2n) is 8.49. The number of rotatable bonds is 6. The highest BCUT2D eigenvalue weighted by molar-refractivity contribution is 7.14. The number of nitrogens with zero attached hydrogens (tertiary/aromatic N) is 2. The average molecular weight is 529 g/mol. The van der Waals surface area contributed by atoms with E-state index < -0.39 is 11.8 Å². The maximum absolute atomic E-state index is 13.1. The van der Waals surface area contributed by atoms with Crippen molar-refractivity contribution in [3.63, 3.8) is 0 Å². The fourth-order valence-electron chi connectivity index (χ4n) is 3.98. The predicted molar refractivity (Wildman–Crippen MR) is 147 cm³/mol. The van der Waals surface area contributed by atoms with Gasteiger partial charge in [0.05, 0.1) is 11.4 Å². The van der Waals surface area contributed by atoms with Gasteiger partial charge in [-0.25, -0.2) is 9.88 Å². The highest BCUT2D eigenvalue weighted by atomic mass is 35.5. The number of aromatic nitrogens is 1. The molecule has 7 nitrogen and oxygen atoms in total. The van der Waals surface area contributed by atoms with Crippen molar-refractivity contribution in [2.45, 2.75) is 13.8 Å². The number of anilines is 3. The molecule has 0 saturated heterocycles. The summed E-state index contributed by atoms with van der Waals surface area (Å²) in [4.78, 5) is 44.1. The smallest absolute Gasteiger partial charge is 0.283 e. The number of carbonyl (C=O) groups is 3. The lowest BCUT2D eigenvalue weighted by atomic mass is 10.1. The van der Waals surface area contributed by atoms with Crippen LogP contribution >= 0.6 is 22.9 Å². The third kappa shape index (κ3) is 4.89. The van der Waals surface area contributed by atoms with E-state index >= 15 is 0 Å². The number of amides is 3. The van der Waals surface area contributed by atoms with Crippen molar-refractivity contribution < 1.29 is 14.4 Å². The van der Waals surface area contributed by atoms with E-state index in [1.54, 1.807) is 30.3 Å². The van der Waals surface area contributed by atoms with Crippen molar-refractivity contribution in [1.82, 2.24) is 4.98 Å². The molecule has 5 rings (SSSR count). The van der Waals surface area contributed by atoms with Gasteiger partial charge in [0.15, 0.2) is 5.13 Å². The van der Waals surface area contributed by atoms with Crippen LogP contribution in [0.2, 0.25) is 0 Å². The van der Waals surface area contributed by atoms with Crippen LogP contribution in [0.4, 0.5) is 16.5 Å². The van der Waals surface area contributed by atoms with Gasteiger partial charge in [0.25, 0.3) is 17.7 Å². The summed E-state index contributed by atoms with van der Waals surface area (Å²) in [6.45, 7) is 3.77. The molecule has 3 amide bonds. The quantitative estimate of drug-likeness (QED) is 0.294. The first-order chi connectivity index (χ1) is 17.8. The van der Waals surface area contributed by atoms with Gasteiger partial charge in [0.2, 0.25) is 0 Å². The maximum atomic E-state index is 13.1. The second kappa shape index (κ2) is 10.0. The molecule has 4 aromatic rings. The van der Waals surface area contributed by atoms with Crippen LogP contribution in [0.1, 0.15) is 21.5 Å². The molecule has 0 radical (unpaired) electrons. The van der Waals surface area contributed by atoms with Gasteiger partial charge in [-0.15, -0.1) is 11.3 Å². The Balaban J connectivity index is 1.27. The zero-order valence-corrected chi connectivity index (χ0v) is 21.5. The Kier molecular flexibility index (Phi) is 6.60. The first-order valence-corrected chi connectivity index (χ1v) is 12.6. The van der Waals surface area contributed by atoms with Gasteiger partial charge < -0.3 is 5.32 Å². The van der Waals surface area contributed by atoms with Crippen LogP contribution in [0, 0.1) is 13.8 Å². The van der Waals surface area contributed by atoms with Gasteiger partial charge in [-0.05, 0) is 49.7 Å². The first kappa shape index (κ1) is 24.4. The summed E-state index contributed by atoms with van der Waals surface area (Å²) in [5.41, 5.74) is 4.96. The molecule has 0 saturated carbocycles. The van der Waals surface area contributed by atoms with Crippen molar-refractivity contribution in [1.29, 1.82) is 0 Å². The highest BCUT2D eigenvalue weighted by Crippen LogP contribution is 2.32. The molecule has 1 aromatic heterocycles. The summed E-state index contributed by atoms with van der Waals surface area (Å²) in [5, 5.41) is 7.92. The van der Waals surface area contributed by atoms with Crippen molar-refractivity contribution in [2.75, 3.05) is 15.5 Å². The number of benzene rings is 3. The van der Waals surface area contributed by atoms with Gasteiger partial charge in [0, 0.05) is 22.2 Å². The molecule has 9 heteroatoms. The summed E-state index contributed by atoms with van der Waals surface area (Å²) in [6, 6.07) is 21.7. The minimum atomic E-state index is -0.588. The lowest BCUT2D eigenvalue weighted by molar-refractivity contribution is -0.120. The fourth-order valence-corrected chi connectivity index (χ4v) is 4.90. The standard InChI is InChI=1S/C28H21ClN4O3S/c1-16-8-13-22(17(2)14-16)33-26(35)23(29)24(27(33)36)30-20-11-9-19(10-12-20)25(34)32-28-31-21(15-37-28)18-6-4-3-5-7-18/h3-15,30H,1-2H3,(H,31,32,34). The normalized spacial score (nSPS) is 13.3. The molecule has 0 spiro atoms. The molecule has 0 aliphatic carbocycles. The van der Waals surface area contributed by atoms with E-state index in [1.807, 2.05) is 61.7 Å². The van der Waals surface area contributed by atoms with Crippen molar-refractivity contribution in [2.24, 2.45) is 0 Å². The van der Waals surface area contributed by atoms with E-state index in [4.69, 9.17) is 11.6 Å². The van der Waals surface area contributed by atoms with Crippen LogP contribution in [0.5, 0.6) is 0 Å². The molecule has 0 fully saturated rings. The topological polar surface area (TPSA) is 91.4 Å². The number of hydrogen-bond acceptors (Lipinski definition) is 6. The molecular formula is C28H21ClN4O3S. The maximum Gasteiger partial charge on any atom is 0.283 e. The number of aryl methyl sites for hydroxylation is 2. The van der Waals surface area contributed by atoms with Crippen molar-refractivity contribution >= 4 is 57.2 Å². The van der Waals surface area contributed by atoms with Crippen LogP contribution in [-0.4, -0.2) is 22.7 Å². The number of hydrogen-bond donors (Lipinski definition) is 2. The summed E-state index contributed by atoms with van der Waals surface area (Å²) in [7, 11) is 0. The molecule has 37 heavy (non-hydrogen) atoms. The Morgan fingerprint density at radius 3 is 2.38 bits per heavy atom. The Labute approximate surface area is 222 Å². The number of halogens is 1. The second-order valence-corrected chi connectivity index (χ2v) is 9.72. The van der Waals surface area contributed by atoms with Crippen molar-refractivity contribution in [3.05, 3.63) is 106 Å². The predicted octanol–water partition coefficient (Wildman–Crippen LogP) is 6.11. The average Bonchev–Trinajstić information content (AvgIpc) is 3.44. The van der Waals surface area contributed by atoms with E-state index in [1.165, 1.54) is 11.3 Å². The monoisotopic (exact) mass is 528 g/mol. The van der Waals surface area contributed by atoms with Gasteiger partial charge in [-0.1, -0.05) is 59.6 Å². The lowest BCUT2D eigenvalue weighted by Gasteiger charge is -2.18. The molecule has 1 aliphatic heterocycles.